The van der Waals surface area contributed by atoms with E-state index in [2.05, 4.69) is 11.4 Å². The highest BCUT2D eigenvalue weighted by Crippen LogP contribution is 2.23. The van der Waals surface area contributed by atoms with E-state index < -0.39 is 0 Å². The number of carbonyl (C=O) groups excluding carboxylic acids is 1. The Kier molecular flexibility index (Phi) is 4.81. The van der Waals surface area contributed by atoms with E-state index in [1.54, 1.807) is 0 Å². The first-order valence-corrected chi connectivity index (χ1v) is 7.63. The van der Waals surface area contributed by atoms with Gasteiger partial charge in [-0.25, -0.2) is 0 Å². The minimum Gasteiger partial charge on any atom is -0.396 e. The van der Waals surface area contributed by atoms with Gasteiger partial charge in [0, 0.05) is 17.7 Å². The smallest absolute Gasteiger partial charge is 0.251 e. The molecule has 0 spiro atoms. The predicted octanol–water partition coefficient (Wildman–Crippen LogP) is 2.85. The molecule has 110 valence electrons. The molecule has 3 nitrogen and oxygen atoms in total. The molecule has 2 N–H and O–H groups in total. The minimum atomic E-state index is -0.332. The van der Waals surface area contributed by atoms with E-state index in [1.165, 1.54) is 24.0 Å². The Balaban J connectivity index is 2.13. The molecule has 20 heavy (non-hydrogen) atoms. The van der Waals surface area contributed by atoms with Gasteiger partial charge in [-0.05, 0) is 68.7 Å². The largest absolute Gasteiger partial charge is 0.396 e. The van der Waals surface area contributed by atoms with E-state index >= 15 is 0 Å². The van der Waals surface area contributed by atoms with Gasteiger partial charge in [0.1, 0.15) is 0 Å². The van der Waals surface area contributed by atoms with Crippen LogP contribution in [0.15, 0.2) is 18.2 Å². The topological polar surface area (TPSA) is 49.3 Å². The highest BCUT2D eigenvalue weighted by Gasteiger charge is 2.24. The average molecular weight is 275 g/mol. The fourth-order valence-corrected chi connectivity index (χ4v) is 2.80. The number of aliphatic hydroxyl groups is 1. The molecule has 3 heteroatoms. The van der Waals surface area contributed by atoms with E-state index in [0.29, 0.717) is 6.42 Å². The number of aliphatic hydroxyl groups excluding tert-OH is 1. The van der Waals surface area contributed by atoms with Gasteiger partial charge in [-0.1, -0.05) is 13.0 Å². The third kappa shape index (κ3) is 3.40. The number of benzene rings is 1. The third-order valence-corrected chi connectivity index (χ3v) is 4.47. The van der Waals surface area contributed by atoms with Gasteiger partial charge in [0.25, 0.3) is 5.91 Å². The normalized spacial score (nSPS) is 17.1. The molecule has 1 amide bonds. The molecule has 2 rings (SSSR count). The van der Waals surface area contributed by atoms with Crippen molar-refractivity contribution in [2.75, 3.05) is 6.61 Å². The highest BCUT2D eigenvalue weighted by molar-refractivity contribution is 5.95. The summed E-state index contributed by atoms with van der Waals surface area (Å²) in [6, 6.07) is 6.06. The summed E-state index contributed by atoms with van der Waals surface area (Å²) in [5.74, 6) is -0.0313. The van der Waals surface area contributed by atoms with Crippen molar-refractivity contribution in [1.82, 2.24) is 5.32 Å². The molecule has 0 radical (unpaired) electrons. The summed E-state index contributed by atoms with van der Waals surface area (Å²) in [4.78, 5) is 12.4. The third-order valence-electron chi connectivity index (χ3n) is 4.47. The van der Waals surface area contributed by atoms with E-state index in [1.807, 2.05) is 26.0 Å². The summed E-state index contributed by atoms with van der Waals surface area (Å²) in [6.07, 6.45) is 6.08. The Morgan fingerprint density at radius 2 is 2.00 bits per heavy atom. The van der Waals surface area contributed by atoms with Crippen LogP contribution in [0, 0.1) is 0 Å². The number of nitrogens with one attached hydrogen (secondary N) is 1. The van der Waals surface area contributed by atoms with Crippen LogP contribution in [-0.4, -0.2) is 23.2 Å². The summed E-state index contributed by atoms with van der Waals surface area (Å²) in [6.45, 7) is 4.11. The van der Waals surface area contributed by atoms with Crippen LogP contribution in [0.5, 0.6) is 0 Å². The monoisotopic (exact) mass is 275 g/mol. The van der Waals surface area contributed by atoms with Crippen LogP contribution >= 0.6 is 0 Å². The summed E-state index contributed by atoms with van der Waals surface area (Å²) < 4.78 is 0. The van der Waals surface area contributed by atoms with E-state index in [-0.39, 0.29) is 18.1 Å². The second-order valence-electron chi connectivity index (χ2n) is 6.03. The van der Waals surface area contributed by atoms with Gasteiger partial charge in [0.15, 0.2) is 0 Å². The quantitative estimate of drug-likeness (QED) is 0.868. The van der Waals surface area contributed by atoms with Crippen LogP contribution in [0.2, 0.25) is 0 Å². The van der Waals surface area contributed by atoms with E-state index in [0.717, 1.165) is 24.8 Å². The second kappa shape index (κ2) is 6.40. The van der Waals surface area contributed by atoms with Gasteiger partial charge in [-0.15, -0.1) is 0 Å². The highest BCUT2D eigenvalue weighted by atomic mass is 16.3. The molecule has 0 saturated heterocycles. The summed E-state index contributed by atoms with van der Waals surface area (Å²) >= 11 is 0. The van der Waals surface area contributed by atoms with Gasteiger partial charge >= 0.3 is 0 Å². The SMILES string of the molecule is CCC(C)(CCO)NC(=O)c1ccc2c(c1)CCCC2. The van der Waals surface area contributed by atoms with Crippen LogP contribution in [-0.2, 0) is 12.8 Å². The van der Waals surface area contributed by atoms with Crippen molar-refractivity contribution in [2.45, 2.75) is 57.9 Å². The fraction of sp³-hybridized carbons (Fsp3) is 0.588. The molecule has 0 aliphatic heterocycles. The maximum atomic E-state index is 12.4. The Morgan fingerprint density at radius 1 is 1.30 bits per heavy atom. The standard InChI is InChI=1S/C17H25NO2/c1-3-17(2,10-11-19)18-16(20)15-9-8-13-6-4-5-7-14(13)12-15/h8-9,12,19H,3-7,10-11H2,1-2H3,(H,18,20). The van der Waals surface area contributed by atoms with Crippen LogP contribution in [0.1, 0.15) is 61.0 Å². The predicted molar refractivity (Wildman–Crippen MR) is 80.9 cm³/mol. The van der Waals surface area contributed by atoms with Crippen LogP contribution < -0.4 is 5.32 Å². The summed E-state index contributed by atoms with van der Waals surface area (Å²) in [7, 11) is 0. The van der Waals surface area contributed by atoms with Crippen molar-refractivity contribution < 1.29 is 9.90 Å². The van der Waals surface area contributed by atoms with Crippen molar-refractivity contribution in [2.24, 2.45) is 0 Å². The van der Waals surface area contributed by atoms with E-state index in [9.17, 15) is 4.79 Å². The fourth-order valence-electron chi connectivity index (χ4n) is 2.80. The zero-order valence-corrected chi connectivity index (χ0v) is 12.5. The number of hydrogen-bond donors (Lipinski definition) is 2. The molecule has 1 aliphatic rings. The molecule has 0 saturated carbocycles. The number of amides is 1. The molecular weight excluding hydrogens is 250 g/mol. The molecule has 0 bridgehead atoms. The first-order valence-electron chi connectivity index (χ1n) is 7.63. The average Bonchev–Trinajstić information content (AvgIpc) is 2.47. The minimum absolute atomic E-state index is 0.0313. The van der Waals surface area contributed by atoms with Gasteiger partial charge in [-0.2, -0.15) is 0 Å². The van der Waals surface area contributed by atoms with Crippen LogP contribution in [0.25, 0.3) is 0 Å². The van der Waals surface area contributed by atoms with Crippen molar-refractivity contribution in [1.29, 1.82) is 0 Å². The maximum Gasteiger partial charge on any atom is 0.251 e. The van der Waals surface area contributed by atoms with Gasteiger partial charge in [0.05, 0.1) is 0 Å². The number of carbonyl (C=O) groups is 1. The van der Waals surface area contributed by atoms with E-state index in [4.69, 9.17) is 5.11 Å². The molecule has 0 fully saturated rings. The molecular formula is C17H25NO2. The lowest BCUT2D eigenvalue weighted by atomic mass is 9.89. The Hall–Kier alpha value is -1.35. The first-order chi connectivity index (χ1) is 9.58. The zero-order chi connectivity index (χ0) is 14.6. The van der Waals surface area contributed by atoms with Crippen LogP contribution in [0.3, 0.4) is 0 Å². The molecule has 1 aromatic carbocycles. The van der Waals surface area contributed by atoms with Gasteiger partial charge in [-0.3, -0.25) is 4.79 Å². The van der Waals surface area contributed by atoms with Crippen molar-refractivity contribution >= 4 is 5.91 Å². The molecule has 0 aromatic heterocycles. The number of aryl methyl sites for hydroxylation is 2. The number of fused-ring (bicyclic) bond motifs is 1. The van der Waals surface area contributed by atoms with Gasteiger partial charge in [0.2, 0.25) is 0 Å². The Bertz CT molecular complexity index is 484. The second-order valence-corrected chi connectivity index (χ2v) is 6.03. The number of hydrogen-bond acceptors (Lipinski definition) is 2. The molecule has 1 unspecified atom stereocenters. The zero-order valence-electron chi connectivity index (χ0n) is 12.5. The Morgan fingerprint density at radius 3 is 2.65 bits per heavy atom. The Labute approximate surface area is 121 Å². The summed E-state index contributed by atoms with van der Waals surface area (Å²) in [5, 5.41) is 12.2. The lowest BCUT2D eigenvalue weighted by molar-refractivity contribution is 0.0886. The maximum absolute atomic E-state index is 12.4. The van der Waals surface area contributed by atoms with Crippen molar-refractivity contribution in [3.05, 3.63) is 34.9 Å². The molecule has 1 aromatic rings. The van der Waals surface area contributed by atoms with Crippen molar-refractivity contribution in [3.8, 4) is 0 Å². The lowest BCUT2D eigenvalue weighted by Crippen LogP contribution is -2.46. The molecule has 1 atom stereocenters. The first kappa shape index (κ1) is 15.0. The van der Waals surface area contributed by atoms with Crippen LogP contribution in [0.4, 0.5) is 0 Å². The molecule has 1 aliphatic carbocycles. The lowest BCUT2D eigenvalue weighted by Gasteiger charge is -2.29. The number of rotatable bonds is 5. The summed E-state index contributed by atoms with van der Waals surface area (Å²) in [5.41, 5.74) is 3.12. The molecule has 0 heterocycles. The van der Waals surface area contributed by atoms with Crippen molar-refractivity contribution in [3.63, 3.8) is 0 Å². The van der Waals surface area contributed by atoms with Gasteiger partial charge < -0.3 is 10.4 Å².